The van der Waals surface area contributed by atoms with Crippen molar-refractivity contribution in [3.63, 3.8) is 0 Å². The lowest BCUT2D eigenvalue weighted by Gasteiger charge is -2.35. The van der Waals surface area contributed by atoms with Crippen LogP contribution in [0.3, 0.4) is 0 Å². The van der Waals surface area contributed by atoms with Gasteiger partial charge in [0.05, 0.1) is 6.04 Å². The molecule has 3 heteroatoms. The molecular weight excluding hydrogens is 212 g/mol. The molecule has 1 amide bonds. The third kappa shape index (κ3) is 4.30. The molecule has 1 fully saturated rings. The second-order valence-corrected chi connectivity index (χ2v) is 5.70. The zero-order chi connectivity index (χ0) is 12.8. The van der Waals surface area contributed by atoms with Gasteiger partial charge in [0.15, 0.2) is 0 Å². The molecule has 3 nitrogen and oxygen atoms in total. The van der Waals surface area contributed by atoms with Gasteiger partial charge in [-0.3, -0.25) is 4.79 Å². The van der Waals surface area contributed by atoms with E-state index in [0.29, 0.717) is 17.9 Å². The Morgan fingerprint density at radius 2 is 2.00 bits per heavy atom. The smallest absolute Gasteiger partial charge is 0.237 e. The largest absolute Gasteiger partial charge is 0.352 e. The lowest BCUT2D eigenvalue weighted by molar-refractivity contribution is -0.124. The Bertz CT molecular complexity index is 240. The van der Waals surface area contributed by atoms with Crippen LogP contribution in [0.5, 0.6) is 0 Å². The van der Waals surface area contributed by atoms with E-state index in [-0.39, 0.29) is 11.9 Å². The Hall–Kier alpha value is -0.570. The fraction of sp³-hybridized carbons (Fsp3) is 0.929. The number of rotatable bonds is 5. The summed E-state index contributed by atoms with van der Waals surface area (Å²) in [5, 5.41) is 3.17. The Balaban J connectivity index is 2.49. The fourth-order valence-electron chi connectivity index (χ4n) is 2.87. The minimum Gasteiger partial charge on any atom is -0.352 e. The Kier molecular flexibility index (Phi) is 5.96. The molecule has 0 bridgehead atoms. The van der Waals surface area contributed by atoms with Gasteiger partial charge < -0.3 is 11.1 Å². The molecule has 1 aliphatic carbocycles. The number of hydrogen-bond donors (Lipinski definition) is 2. The zero-order valence-corrected chi connectivity index (χ0v) is 11.5. The van der Waals surface area contributed by atoms with E-state index in [2.05, 4.69) is 26.1 Å². The molecule has 0 saturated heterocycles. The lowest BCUT2D eigenvalue weighted by Crippen LogP contribution is -2.49. The maximum absolute atomic E-state index is 11.9. The normalized spacial score (nSPS) is 26.9. The van der Waals surface area contributed by atoms with Gasteiger partial charge in [0, 0.05) is 6.04 Å². The summed E-state index contributed by atoms with van der Waals surface area (Å²) in [7, 11) is 0. The minimum absolute atomic E-state index is 0.0457. The highest BCUT2D eigenvalue weighted by molar-refractivity contribution is 5.81. The van der Waals surface area contributed by atoms with Gasteiger partial charge in [-0.25, -0.2) is 0 Å². The summed E-state index contributed by atoms with van der Waals surface area (Å²) in [5.74, 6) is 1.31. The number of nitrogens with one attached hydrogen (secondary N) is 1. The number of hydrogen-bond acceptors (Lipinski definition) is 2. The Morgan fingerprint density at radius 1 is 1.35 bits per heavy atom. The van der Waals surface area contributed by atoms with Gasteiger partial charge in [-0.2, -0.15) is 0 Å². The van der Waals surface area contributed by atoms with Crippen molar-refractivity contribution in [1.82, 2.24) is 5.32 Å². The second-order valence-electron chi connectivity index (χ2n) is 5.70. The van der Waals surface area contributed by atoms with Crippen molar-refractivity contribution in [2.75, 3.05) is 0 Å². The average molecular weight is 240 g/mol. The van der Waals surface area contributed by atoms with E-state index in [9.17, 15) is 4.79 Å². The predicted molar refractivity (Wildman–Crippen MR) is 71.6 cm³/mol. The Labute approximate surface area is 106 Å². The first-order valence-corrected chi connectivity index (χ1v) is 7.12. The molecule has 0 aliphatic heterocycles. The van der Waals surface area contributed by atoms with Gasteiger partial charge in [0.25, 0.3) is 0 Å². The molecule has 0 radical (unpaired) electrons. The molecule has 17 heavy (non-hydrogen) atoms. The van der Waals surface area contributed by atoms with Crippen molar-refractivity contribution >= 4 is 5.91 Å². The third-order valence-corrected chi connectivity index (χ3v) is 3.94. The topological polar surface area (TPSA) is 55.1 Å². The molecule has 100 valence electrons. The highest BCUT2D eigenvalue weighted by Gasteiger charge is 2.29. The summed E-state index contributed by atoms with van der Waals surface area (Å²) < 4.78 is 0. The summed E-state index contributed by atoms with van der Waals surface area (Å²) >= 11 is 0. The highest BCUT2D eigenvalue weighted by atomic mass is 16.2. The molecular formula is C14H28N2O. The first-order chi connectivity index (χ1) is 8.06. The molecule has 1 saturated carbocycles. The van der Waals surface area contributed by atoms with Crippen LogP contribution < -0.4 is 11.1 Å². The average Bonchev–Trinajstić information content (AvgIpc) is 2.29. The molecule has 0 aromatic carbocycles. The predicted octanol–water partition coefficient (Wildman–Crippen LogP) is 2.44. The maximum atomic E-state index is 11.9. The van der Waals surface area contributed by atoms with Crippen LogP contribution >= 0.6 is 0 Å². The number of carbonyl (C=O) groups excluding carboxylic acids is 1. The van der Waals surface area contributed by atoms with Crippen LogP contribution in [0.2, 0.25) is 0 Å². The molecule has 3 atom stereocenters. The molecule has 2 unspecified atom stereocenters. The minimum atomic E-state index is -0.324. The molecule has 1 aliphatic rings. The van der Waals surface area contributed by atoms with E-state index >= 15 is 0 Å². The van der Waals surface area contributed by atoms with E-state index in [1.165, 1.54) is 19.3 Å². The van der Waals surface area contributed by atoms with E-state index in [0.717, 1.165) is 19.3 Å². The molecule has 0 heterocycles. The van der Waals surface area contributed by atoms with Crippen LogP contribution in [0.1, 0.15) is 59.3 Å². The summed E-state index contributed by atoms with van der Waals surface area (Å²) in [6.45, 7) is 6.56. The zero-order valence-electron chi connectivity index (χ0n) is 11.5. The second kappa shape index (κ2) is 7.00. The van der Waals surface area contributed by atoms with Crippen molar-refractivity contribution in [2.24, 2.45) is 17.6 Å². The Morgan fingerprint density at radius 3 is 2.59 bits per heavy atom. The lowest BCUT2D eigenvalue weighted by atomic mass is 9.77. The van der Waals surface area contributed by atoms with Gasteiger partial charge >= 0.3 is 0 Å². The fourth-order valence-corrected chi connectivity index (χ4v) is 2.87. The van der Waals surface area contributed by atoms with Gasteiger partial charge in [-0.1, -0.05) is 40.0 Å². The van der Waals surface area contributed by atoms with Gasteiger partial charge in [-0.15, -0.1) is 0 Å². The van der Waals surface area contributed by atoms with Crippen LogP contribution in [0.25, 0.3) is 0 Å². The SMILES string of the molecule is CCC[C@H](N)C(=O)NC1CCCCC1C(C)C. The maximum Gasteiger partial charge on any atom is 0.237 e. The van der Waals surface area contributed by atoms with Crippen LogP contribution in [-0.2, 0) is 4.79 Å². The van der Waals surface area contributed by atoms with Crippen LogP contribution in [0.15, 0.2) is 0 Å². The van der Waals surface area contributed by atoms with Crippen molar-refractivity contribution in [3.8, 4) is 0 Å². The van der Waals surface area contributed by atoms with Crippen molar-refractivity contribution in [1.29, 1.82) is 0 Å². The van der Waals surface area contributed by atoms with E-state index < -0.39 is 0 Å². The molecule has 0 aromatic heterocycles. The molecule has 1 rings (SSSR count). The first-order valence-electron chi connectivity index (χ1n) is 7.12. The van der Waals surface area contributed by atoms with Gasteiger partial charge in [0.1, 0.15) is 0 Å². The van der Waals surface area contributed by atoms with Crippen LogP contribution in [-0.4, -0.2) is 18.0 Å². The van der Waals surface area contributed by atoms with Crippen molar-refractivity contribution < 1.29 is 4.79 Å². The third-order valence-electron chi connectivity index (χ3n) is 3.94. The molecule has 0 spiro atoms. The molecule has 3 N–H and O–H groups in total. The van der Waals surface area contributed by atoms with Crippen molar-refractivity contribution in [2.45, 2.75) is 71.4 Å². The number of amides is 1. The first kappa shape index (κ1) is 14.5. The van der Waals surface area contributed by atoms with Gasteiger partial charge in [0.2, 0.25) is 5.91 Å². The van der Waals surface area contributed by atoms with Crippen LogP contribution in [0, 0.1) is 11.8 Å². The summed E-state index contributed by atoms with van der Waals surface area (Å²) in [6.07, 6.45) is 6.64. The standard InChI is InChI=1S/C14H28N2O/c1-4-7-12(15)14(17)16-13-9-6-5-8-11(13)10(2)3/h10-13H,4-9,15H2,1-3H3,(H,16,17)/t11?,12-,13?/m0/s1. The van der Waals surface area contributed by atoms with E-state index in [4.69, 9.17) is 5.73 Å². The highest BCUT2D eigenvalue weighted by Crippen LogP contribution is 2.30. The van der Waals surface area contributed by atoms with E-state index in [1.807, 2.05) is 0 Å². The summed E-state index contributed by atoms with van der Waals surface area (Å²) in [6, 6.07) is 0.0221. The van der Waals surface area contributed by atoms with E-state index in [1.54, 1.807) is 0 Å². The summed E-state index contributed by atoms with van der Waals surface area (Å²) in [5.41, 5.74) is 5.85. The number of nitrogens with two attached hydrogens (primary N) is 1. The summed E-state index contributed by atoms with van der Waals surface area (Å²) in [4.78, 5) is 11.9. The van der Waals surface area contributed by atoms with Gasteiger partial charge in [-0.05, 0) is 31.1 Å². The number of carbonyl (C=O) groups is 1. The van der Waals surface area contributed by atoms with Crippen LogP contribution in [0.4, 0.5) is 0 Å². The van der Waals surface area contributed by atoms with Crippen molar-refractivity contribution in [3.05, 3.63) is 0 Å². The quantitative estimate of drug-likeness (QED) is 0.775. The monoisotopic (exact) mass is 240 g/mol. The molecule has 0 aromatic rings.